The van der Waals surface area contributed by atoms with Crippen molar-refractivity contribution in [2.24, 2.45) is 0 Å². The lowest BCUT2D eigenvalue weighted by Crippen LogP contribution is -2.47. The second-order valence-corrected chi connectivity index (χ2v) is 6.26. The van der Waals surface area contributed by atoms with Crippen molar-refractivity contribution < 1.29 is 14.3 Å². The quantitative estimate of drug-likeness (QED) is 0.887. The average molecular weight is 353 g/mol. The first-order valence-electron chi connectivity index (χ1n) is 8.71. The predicted octanol–water partition coefficient (Wildman–Crippen LogP) is 3.12. The van der Waals surface area contributed by atoms with Gasteiger partial charge < -0.3 is 20.3 Å². The van der Waals surface area contributed by atoms with E-state index < -0.39 is 0 Å². The first-order valence-corrected chi connectivity index (χ1v) is 8.71. The van der Waals surface area contributed by atoms with Crippen LogP contribution in [0.2, 0.25) is 0 Å². The summed E-state index contributed by atoms with van der Waals surface area (Å²) in [5, 5.41) is 5.79. The second-order valence-electron chi connectivity index (χ2n) is 6.26. The number of anilines is 1. The van der Waals surface area contributed by atoms with Gasteiger partial charge in [-0.3, -0.25) is 4.79 Å². The molecule has 0 aliphatic carbocycles. The number of piperidine rings is 1. The molecule has 2 aromatic carbocycles. The first-order chi connectivity index (χ1) is 12.7. The SMILES string of the molecule is COc1ccc(NC(=O)NC2CCN(C(=O)c3ccccc3)CC2)cc1. The van der Waals surface area contributed by atoms with Crippen molar-refractivity contribution in [2.75, 3.05) is 25.5 Å². The lowest BCUT2D eigenvalue weighted by molar-refractivity contribution is 0.0709. The Hall–Kier alpha value is -3.02. The summed E-state index contributed by atoms with van der Waals surface area (Å²) in [4.78, 5) is 26.4. The molecule has 0 saturated carbocycles. The van der Waals surface area contributed by atoms with Crippen LogP contribution in [0.25, 0.3) is 0 Å². The van der Waals surface area contributed by atoms with Crippen molar-refractivity contribution in [3.05, 3.63) is 60.2 Å². The highest BCUT2D eigenvalue weighted by Crippen LogP contribution is 2.16. The molecular formula is C20H23N3O3. The molecule has 0 radical (unpaired) electrons. The van der Waals surface area contributed by atoms with E-state index in [0.29, 0.717) is 24.3 Å². The summed E-state index contributed by atoms with van der Waals surface area (Å²) in [6, 6.07) is 16.3. The van der Waals surface area contributed by atoms with Crippen molar-refractivity contribution in [3.63, 3.8) is 0 Å². The van der Waals surface area contributed by atoms with Gasteiger partial charge in [-0.1, -0.05) is 18.2 Å². The van der Waals surface area contributed by atoms with Gasteiger partial charge in [0.2, 0.25) is 0 Å². The molecule has 3 rings (SSSR count). The van der Waals surface area contributed by atoms with Gasteiger partial charge in [0.1, 0.15) is 5.75 Å². The summed E-state index contributed by atoms with van der Waals surface area (Å²) in [6.45, 7) is 1.28. The molecule has 3 amide bonds. The van der Waals surface area contributed by atoms with Gasteiger partial charge in [-0.2, -0.15) is 0 Å². The number of hydrogen-bond acceptors (Lipinski definition) is 3. The topological polar surface area (TPSA) is 70.7 Å². The fourth-order valence-corrected chi connectivity index (χ4v) is 3.02. The highest BCUT2D eigenvalue weighted by molar-refractivity contribution is 5.94. The molecule has 0 bridgehead atoms. The molecule has 0 atom stereocenters. The Morgan fingerprint density at radius 2 is 1.65 bits per heavy atom. The molecule has 0 spiro atoms. The van der Waals surface area contributed by atoms with E-state index in [1.807, 2.05) is 35.2 Å². The Bertz CT molecular complexity index is 739. The van der Waals surface area contributed by atoms with Crippen LogP contribution >= 0.6 is 0 Å². The summed E-state index contributed by atoms with van der Waals surface area (Å²) >= 11 is 0. The Kier molecular flexibility index (Phi) is 5.73. The smallest absolute Gasteiger partial charge is 0.319 e. The van der Waals surface area contributed by atoms with E-state index in [2.05, 4.69) is 10.6 Å². The van der Waals surface area contributed by atoms with Gasteiger partial charge in [0.25, 0.3) is 5.91 Å². The van der Waals surface area contributed by atoms with E-state index in [1.54, 1.807) is 31.4 Å². The van der Waals surface area contributed by atoms with Crippen LogP contribution in [0.15, 0.2) is 54.6 Å². The van der Waals surface area contributed by atoms with E-state index in [-0.39, 0.29) is 18.0 Å². The number of amides is 3. The monoisotopic (exact) mass is 353 g/mol. The molecule has 1 saturated heterocycles. The molecule has 2 aromatic rings. The van der Waals surface area contributed by atoms with Crippen molar-refractivity contribution in [1.29, 1.82) is 0 Å². The summed E-state index contributed by atoms with van der Waals surface area (Å²) < 4.78 is 5.10. The zero-order valence-corrected chi connectivity index (χ0v) is 14.8. The normalized spacial score (nSPS) is 14.6. The van der Waals surface area contributed by atoms with Crippen LogP contribution in [0, 0.1) is 0 Å². The van der Waals surface area contributed by atoms with Crippen LogP contribution in [-0.2, 0) is 0 Å². The number of rotatable bonds is 4. The zero-order chi connectivity index (χ0) is 18.4. The van der Waals surface area contributed by atoms with Crippen LogP contribution in [0.1, 0.15) is 23.2 Å². The number of carbonyl (C=O) groups excluding carboxylic acids is 2. The van der Waals surface area contributed by atoms with Crippen molar-refractivity contribution in [1.82, 2.24) is 10.2 Å². The standard InChI is InChI=1S/C20H23N3O3/c1-26-18-9-7-16(8-10-18)21-20(25)22-17-11-13-23(14-12-17)19(24)15-5-3-2-4-6-15/h2-10,17H,11-14H2,1H3,(H2,21,22,25). The maximum absolute atomic E-state index is 12.4. The molecule has 26 heavy (non-hydrogen) atoms. The van der Waals surface area contributed by atoms with Gasteiger partial charge >= 0.3 is 6.03 Å². The number of urea groups is 1. The van der Waals surface area contributed by atoms with Crippen LogP contribution < -0.4 is 15.4 Å². The molecule has 1 fully saturated rings. The van der Waals surface area contributed by atoms with Gasteiger partial charge in [-0.15, -0.1) is 0 Å². The predicted molar refractivity (Wildman–Crippen MR) is 101 cm³/mol. The van der Waals surface area contributed by atoms with Gasteiger partial charge in [0, 0.05) is 30.4 Å². The number of likely N-dealkylation sites (tertiary alicyclic amines) is 1. The Morgan fingerprint density at radius 1 is 1.00 bits per heavy atom. The maximum atomic E-state index is 12.4. The Labute approximate surface area is 153 Å². The average Bonchev–Trinajstić information content (AvgIpc) is 2.69. The first kappa shape index (κ1) is 17.8. The maximum Gasteiger partial charge on any atom is 0.319 e. The van der Waals surface area contributed by atoms with Crippen LogP contribution in [0.5, 0.6) is 5.75 Å². The van der Waals surface area contributed by atoms with Crippen molar-refractivity contribution in [2.45, 2.75) is 18.9 Å². The fraction of sp³-hybridized carbons (Fsp3) is 0.300. The van der Waals surface area contributed by atoms with E-state index in [1.165, 1.54) is 0 Å². The number of carbonyl (C=O) groups is 2. The summed E-state index contributed by atoms with van der Waals surface area (Å²) in [5.41, 5.74) is 1.41. The minimum Gasteiger partial charge on any atom is -0.497 e. The Morgan fingerprint density at radius 3 is 2.27 bits per heavy atom. The number of nitrogens with zero attached hydrogens (tertiary/aromatic N) is 1. The summed E-state index contributed by atoms with van der Waals surface area (Å²) in [7, 11) is 1.60. The molecule has 136 valence electrons. The molecule has 0 unspecified atom stereocenters. The molecule has 2 N–H and O–H groups in total. The minimum atomic E-state index is -0.233. The molecule has 1 aliphatic rings. The number of ether oxygens (including phenoxy) is 1. The van der Waals surface area contributed by atoms with E-state index in [9.17, 15) is 9.59 Å². The van der Waals surface area contributed by atoms with Gasteiger partial charge in [0.15, 0.2) is 0 Å². The van der Waals surface area contributed by atoms with E-state index in [0.717, 1.165) is 18.6 Å². The van der Waals surface area contributed by atoms with Gasteiger partial charge in [0.05, 0.1) is 7.11 Å². The van der Waals surface area contributed by atoms with E-state index in [4.69, 9.17) is 4.74 Å². The molecule has 6 nitrogen and oxygen atoms in total. The van der Waals surface area contributed by atoms with Crippen molar-refractivity contribution >= 4 is 17.6 Å². The summed E-state index contributed by atoms with van der Waals surface area (Å²) in [6.07, 6.45) is 1.49. The van der Waals surface area contributed by atoms with Crippen LogP contribution in [-0.4, -0.2) is 43.1 Å². The third-order valence-electron chi connectivity index (χ3n) is 4.49. The third kappa shape index (κ3) is 4.53. The molecule has 6 heteroatoms. The zero-order valence-electron chi connectivity index (χ0n) is 14.8. The molecule has 1 aliphatic heterocycles. The highest BCUT2D eigenvalue weighted by Gasteiger charge is 2.24. The Balaban J connectivity index is 1.46. The lowest BCUT2D eigenvalue weighted by atomic mass is 10.0. The molecule has 0 aromatic heterocycles. The highest BCUT2D eigenvalue weighted by atomic mass is 16.5. The number of nitrogens with one attached hydrogen (secondary N) is 2. The van der Waals surface area contributed by atoms with Gasteiger partial charge in [-0.25, -0.2) is 4.79 Å². The minimum absolute atomic E-state index is 0.0479. The lowest BCUT2D eigenvalue weighted by Gasteiger charge is -2.32. The molecule has 1 heterocycles. The number of hydrogen-bond donors (Lipinski definition) is 2. The van der Waals surface area contributed by atoms with Crippen LogP contribution in [0.3, 0.4) is 0 Å². The fourth-order valence-electron chi connectivity index (χ4n) is 3.02. The number of methoxy groups -OCH3 is 1. The molecular weight excluding hydrogens is 330 g/mol. The van der Waals surface area contributed by atoms with Gasteiger partial charge in [-0.05, 0) is 49.2 Å². The second kappa shape index (κ2) is 8.38. The van der Waals surface area contributed by atoms with Crippen molar-refractivity contribution in [3.8, 4) is 5.75 Å². The summed E-state index contributed by atoms with van der Waals surface area (Å²) in [5.74, 6) is 0.790. The number of benzene rings is 2. The van der Waals surface area contributed by atoms with E-state index >= 15 is 0 Å². The van der Waals surface area contributed by atoms with Crippen LogP contribution in [0.4, 0.5) is 10.5 Å². The third-order valence-corrected chi connectivity index (χ3v) is 4.49. The largest absolute Gasteiger partial charge is 0.497 e.